The molecule has 0 spiro atoms. The topological polar surface area (TPSA) is 64.6 Å². The van der Waals surface area contributed by atoms with Crippen molar-refractivity contribution < 1.29 is 23.5 Å². The van der Waals surface area contributed by atoms with Gasteiger partial charge in [-0.3, -0.25) is 4.79 Å². The molecule has 0 aliphatic carbocycles. The number of benzene rings is 1. The summed E-state index contributed by atoms with van der Waals surface area (Å²) < 4.78 is 22.9. The highest BCUT2D eigenvalue weighted by atomic mass is 79.9. The molecule has 1 aromatic rings. The number of hydrogen-bond donors (Lipinski definition) is 1. The molecular formula is C12H13BrFNO4. The van der Waals surface area contributed by atoms with E-state index >= 15 is 0 Å². The van der Waals surface area contributed by atoms with Crippen LogP contribution in [0.25, 0.3) is 0 Å². The van der Waals surface area contributed by atoms with Crippen molar-refractivity contribution in [3.8, 4) is 5.75 Å². The lowest BCUT2D eigenvalue weighted by Gasteiger charge is -2.10. The highest BCUT2D eigenvalue weighted by molar-refractivity contribution is 9.10. The standard InChI is InChI=1S/C12H13BrFNO4/c1-18-7-3-4-9(13)8(5-7)11(16)15-6-10(14)12(17)19-2/h3-5,10H,6H2,1-2H3,(H,15,16)/t10-/m1/s1. The molecule has 0 aromatic heterocycles. The fourth-order valence-corrected chi connectivity index (χ4v) is 1.72. The zero-order valence-corrected chi connectivity index (χ0v) is 12.0. The Morgan fingerprint density at radius 1 is 1.42 bits per heavy atom. The fourth-order valence-electron chi connectivity index (χ4n) is 1.29. The molecule has 104 valence electrons. The van der Waals surface area contributed by atoms with E-state index in [-0.39, 0.29) is 5.56 Å². The molecule has 19 heavy (non-hydrogen) atoms. The minimum atomic E-state index is -1.89. The molecule has 0 saturated carbocycles. The van der Waals surface area contributed by atoms with Crippen LogP contribution in [0, 0.1) is 0 Å². The number of rotatable bonds is 5. The smallest absolute Gasteiger partial charge is 0.342 e. The molecule has 0 aliphatic rings. The lowest BCUT2D eigenvalue weighted by atomic mass is 10.2. The van der Waals surface area contributed by atoms with Gasteiger partial charge in [-0.1, -0.05) is 0 Å². The van der Waals surface area contributed by atoms with Crippen LogP contribution in [-0.4, -0.2) is 38.8 Å². The van der Waals surface area contributed by atoms with Crippen molar-refractivity contribution in [2.45, 2.75) is 6.17 Å². The molecule has 0 fully saturated rings. The van der Waals surface area contributed by atoms with E-state index in [0.717, 1.165) is 7.11 Å². The van der Waals surface area contributed by atoms with Crippen LogP contribution in [0.4, 0.5) is 4.39 Å². The Morgan fingerprint density at radius 3 is 2.68 bits per heavy atom. The highest BCUT2D eigenvalue weighted by Gasteiger charge is 2.19. The molecular weight excluding hydrogens is 321 g/mol. The maximum absolute atomic E-state index is 13.2. The van der Waals surface area contributed by atoms with Gasteiger partial charge in [0, 0.05) is 4.47 Å². The van der Waals surface area contributed by atoms with Crippen LogP contribution in [0.5, 0.6) is 5.75 Å². The summed E-state index contributed by atoms with van der Waals surface area (Å²) in [5.74, 6) is -1.04. The second-order valence-electron chi connectivity index (χ2n) is 3.55. The Hall–Kier alpha value is -1.63. The average Bonchev–Trinajstić information content (AvgIpc) is 2.43. The molecule has 1 atom stereocenters. The Labute approximate surface area is 118 Å². The third kappa shape index (κ3) is 4.20. The number of alkyl halides is 1. The maximum atomic E-state index is 13.2. The first-order valence-electron chi connectivity index (χ1n) is 5.33. The number of nitrogens with one attached hydrogen (secondary N) is 1. The van der Waals surface area contributed by atoms with Gasteiger partial charge >= 0.3 is 5.97 Å². The molecule has 0 saturated heterocycles. The van der Waals surface area contributed by atoms with E-state index in [9.17, 15) is 14.0 Å². The van der Waals surface area contributed by atoms with Crippen LogP contribution in [0.2, 0.25) is 0 Å². The number of amides is 1. The molecule has 0 unspecified atom stereocenters. The molecule has 1 rings (SSSR count). The largest absolute Gasteiger partial charge is 0.497 e. The maximum Gasteiger partial charge on any atom is 0.342 e. The van der Waals surface area contributed by atoms with Crippen molar-refractivity contribution in [3.05, 3.63) is 28.2 Å². The molecule has 0 aliphatic heterocycles. The number of esters is 1. The van der Waals surface area contributed by atoms with E-state index in [4.69, 9.17) is 4.74 Å². The number of carbonyl (C=O) groups is 2. The normalized spacial score (nSPS) is 11.6. The van der Waals surface area contributed by atoms with Crippen LogP contribution in [-0.2, 0) is 9.53 Å². The van der Waals surface area contributed by atoms with E-state index in [1.54, 1.807) is 12.1 Å². The van der Waals surface area contributed by atoms with E-state index < -0.39 is 24.6 Å². The van der Waals surface area contributed by atoms with Crippen LogP contribution in [0.3, 0.4) is 0 Å². The van der Waals surface area contributed by atoms with Crippen molar-refractivity contribution in [2.24, 2.45) is 0 Å². The number of halogens is 2. The Morgan fingerprint density at radius 2 is 2.11 bits per heavy atom. The average molecular weight is 334 g/mol. The summed E-state index contributed by atoms with van der Waals surface area (Å²) in [5.41, 5.74) is 0.288. The monoisotopic (exact) mass is 333 g/mol. The van der Waals surface area contributed by atoms with Crippen LogP contribution in [0.1, 0.15) is 10.4 Å². The zero-order valence-electron chi connectivity index (χ0n) is 10.4. The van der Waals surface area contributed by atoms with Gasteiger partial charge in [0.25, 0.3) is 5.91 Å². The van der Waals surface area contributed by atoms with Crippen molar-refractivity contribution in [1.82, 2.24) is 5.32 Å². The van der Waals surface area contributed by atoms with Gasteiger partial charge in [-0.15, -0.1) is 0 Å². The SMILES string of the molecule is COC(=O)[C@H](F)CNC(=O)c1cc(OC)ccc1Br. The summed E-state index contributed by atoms with van der Waals surface area (Å²) in [7, 11) is 2.55. The minimum absolute atomic E-state index is 0.288. The van der Waals surface area contributed by atoms with Gasteiger partial charge in [0.2, 0.25) is 6.17 Å². The minimum Gasteiger partial charge on any atom is -0.497 e. The molecule has 0 bridgehead atoms. The molecule has 0 radical (unpaired) electrons. The summed E-state index contributed by atoms with van der Waals surface area (Å²) in [6.07, 6.45) is -1.89. The van der Waals surface area contributed by atoms with Crippen LogP contribution < -0.4 is 10.1 Å². The molecule has 0 heterocycles. The first kappa shape index (κ1) is 15.4. The molecule has 1 N–H and O–H groups in total. The molecule has 1 aromatic carbocycles. The van der Waals surface area contributed by atoms with Crippen molar-refractivity contribution >= 4 is 27.8 Å². The summed E-state index contributed by atoms with van der Waals surface area (Å²) in [5, 5.41) is 2.31. The van der Waals surface area contributed by atoms with Gasteiger partial charge in [0.05, 0.1) is 26.3 Å². The Bertz CT molecular complexity index is 481. The number of ether oxygens (including phenoxy) is 2. The van der Waals surface area contributed by atoms with Gasteiger partial charge in [0.1, 0.15) is 5.75 Å². The molecule has 7 heteroatoms. The number of carbonyl (C=O) groups excluding carboxylic acids is 2. The molecule has 1 amide bonds. The van der Waals surface area contributed by atoms with E-state index in [1.807, 2.05) is 0 Å². The van der Waals surface area contributed by atoms with Crippen molar-refractivity contribution in [1.29, 1.82) is 0 Å². The first-order valence-corrected chi connectivity index (χ1v) is 6.12. The Balaban J connectivity index is 2.70. The number of methoxy groups -OCH3 is 2. The first-order chi connectivity index (χ1) is 8.99. The van der Waals surface area contributed by atoms with Crippen molar-refractivity contribution in [2.75, 3.05) is 20.8 Å². The summed E-state index contributed by atoms with van der Waals surface area (Å²) >= 11 is 3.21. The van der Waals surface area contributed by atoms with E-state index in [0.29, 0.717) is 10.2 Å². The van der Waals surface area contributed by atoms with Gasteiger partial charge in [-0.2, -0.15) is 0 Å². The summed E-state index contributed by atoms with van der Waals surface area (Å²) in [6.45, 7) is -0.449. The highest BCUT2D eigenvalue weighted by Crippen LogP contribution is 2.22. The van der Waals surface area contributed by atoms with Crippen LogP contribution in [0.15, 0.2) is 22.7 Å². The van der Waals surface area contributed by atoms with E-state index in [1.165, 1.54) is 13.2 Å². The lowest BCUT2D eigenvalue weighted by Crippen LogP contribution is -2.34. The van der Waals surface area contributed by atoms with Crippen molar-refractivity contribution in [3.63, 3.8) is 0 Å². The number of hydrogen-bond acceptors (Lipinski definition) is 4. The fraction of sp³-hybridized carbons (Fsp3) is 0.333. The van der Waals surface area contributed by atoms with E-state index in [2.05, 4.69) is 26.0 Å². The molecule has 5 nitrogen and oxygen atoms in total. The summed E-state index contributed by atoms with van der Waals surface area (Å²) in [6, 6.07) is 4.82. The third-order valence-corrected chi connectivity index (χ3v) is 3.01. The third-order valence-electron chi connectivity index (χ3n) is 2.32. The Kier molecular flexibility index (Phi) is 5.75. The van der Waals surface area contributed by atoms with Gasteiger partial charge in [0.15, 0.2) is 0 Å². The summed E-state index contributed by atoms with van der Waals surface area (Å²) in [4.78, 5) is 22.7. The zero-order chi connectivity index (χ0) is 14.4. The predicted molar refractivity (Wildman–Crippen MR) is 69.9 cm³/mol. The predicted octanol–water partition coefficient (Wildman–Crippen LogP) is 1.70. The van der Waals surface area contributed by atoms with Gasteiger partial charge in [-0.05, 0) is 34.1 Å². The van der Waals surface area contributed by atoms with Gasteiger partial charge in [-0.25, -0.2) is 9.18 Å². The van der Waals surface area contributed by atoms with Crippen LogP contribution >= 0.6 is 15.9 Å². The second-order valence-corrected chi connectivity index (χ2v) is 4.40. The second kappa shape index (κ2) is 7.08. The lowest BCUT2D eigenvalue weighted by molar-refractivity contribution is -0.146. The van der Waals surface area contributed by atoms with Gasteiger partial charge < -0.3 is 14.8 Å². The quantitative estimate of drug-likeness (QED) is 0.833.